The largest absolute Gasteiger partial charge is 0.345 e. The summed E-state index contributed by atoms with van der Waals surface area (Å²) in [6.45, 7) is 0. The van der Waals surface area contributed by atoms with E-state index in [1.807, 2.05) is 6.20 Å². The molecule has 3 rings (SSSR count). The predicted octanol–water partition coefficient (Wildman–Crippen LogP) is 3.49. The number of aromatic amines is 1. The zero-order valence-electron chi connectivity index (χ0n) is 8.71. The Morgan fingerprint density at radius 2 is 1.94 bits per heavy atom. The molecule has 0 unspecified atom stereocenters. The number of benzene rings is 1. The molecule has 2 nitrogen and oxygen atoms in total. The van der Waals surface area contributed by atoms with Gasteiger partial charge < -0.3 is 4.98 Å². The Morgan fingerprint density at radius 3 is 2.71 bits per heavy atom. The van der Waals surface area contributed by atoms with E-state index in [1.54, 1.807) is 5.51 Å². The molecule has 0 radical (unpaired) electrons. The lowest BCUT2D eigenvalue weighted by Gasteiger charge is -2.00. The zero-order valence-corrected chi connectivity index (χ0v) is 9.52. The van der Waals surface area contributed by atoms with Gasteiger partial charge in [-0.3, -0.25) is 0 Å². The summed E-state index contributed by atoms with van der Waals surface area (Å²) in [6.07, 6.45) is 2.33. The molecule has 1 N–H and O–H groups in total. The first-order chi connectivity index (χ1) is 8.22. The van der Waals surface area contributed by atoms with Gasteiger partial charge in [0.25, 0.3) is 0 Å². The number of thiazole rings is 1. The van der Waals surface area contributed by atoms with E-state index >= 15 is 0 Å². The number of nitrogens with one attached hydrogen (secondary N) is 1. The van der Waals surface area contributed by atoms with E-state index in [4.69, 9.17) is 0 Å². The van der Waals surface area contributed by atoms with E-state index < -0.39 is 11.6 Å². The van der Waals surface area contributed by atoms with Crippen LogP contribution in [-0.4, -0.2) is 9.97 Å². The lowest BCUT2D eigenvalue weighted by atomic mass is 10.1. The molecule has 5 heteroatoms. The van der Waals surface area contributed by atoms with Gasteiger partial charge in [-0.05, 0) is 23.3 Å². The van der Waals surface area contributed by atoms with Crippen molar-refractivity contribution in [1.82, 2.24) is 9.97 Å². The first-order valence-corrected chi connectivity index (χ1v) is 5.95. The second kappa shape index (κ2) is 3.92. The van der Waals surface area contributed by atoms with Crippen LogP contribution in [-0.2, 0) is 6.42 Å². The third-order valence-electron chi connectivity index (χ3n) is 2.56. The fourth-order valence-corrected chi connectivity index (χ4v) is 2.63. The first kappa shape index (κ1) is 10.4. The molecule has 0 spiro atoms. The molecule has 17 heavy (non-hydrogen) atoms. The lowest BCUT2D eigenvalue weighted by Crippen LogP contribution is -1.90. The van der Waals surface area contributed by atoms with Gasteiger partial charge in [0.15, 0.2) is 0 Å². The van der Waals surface area contributed by atoms with Crippen LogP contribution in [0.5, 0.6) is 0 Å². The van der Waals surface area contributed by atoms with Gasteiger partial charge in [0.1, 0.15) is 17.3 Å². The van der Waals surface area contributed by atoms with Crippen LogP contribution in [0, 0.1) is 11.6 Å². The van der Waals surface area contributed by atoms with Crippen molar-refractivity contribution in [2.24, 2.45) is 0 Å². The van der Waals surface area contributed by atoms with Crippen molar-refractivity contribution in [3.05, 3.63) is 52.7 Å². The summed E-state index contributed by atoms with van der Waals surface area (Å²) >= 11 is 1.52. The van der Waals surface area contributed by atoms with Crippen molar-refractivity contribution in [1.29, 1.82) is 0 Å². The highest BCUT2D eigenvalue weighted by atomic mass is 32.1. The van der Waals surface area contributed by atoms with Gasteiger partial charge in [0, 0.05) is 18.7 Å². The molecular weight excluding hydrogens is 242 g/mol. The summed E-state index contributed by atoms with van der Waals surface area (Å²) in [6, 6.07) is 3.58. The Labute approximate surface area is 99.9 Å². The summed E-state index contributed by atoms with van der Waals surface area (Å²) in [5, 5.41) is 0. The van der Waals surface area contributed by atoms with Crippen molar-refractivity contribution in [3.8, 4) is 0 Å². The maximum atomic E-state index is 13.1. The molecule has 0 atom stereocenters. The summed E-state index contributed by atoms with van der Waals surface area (Å²) < 4.78 is 27.1. The second-order valence-corrected chi connectivity index (χ2v) is 4.65. The van der Waals surface area contributed by atoms with E-state index in [-0.39, 0.29) is 0 Å². The number of halogens is 2. The van der Waals surface area contributed by atoms with E-state index in [0.29, 0.717) is 12.0 Å². The van der Waals surface area contributed by atoms with Gasteiger partial charge in [-0.25, -0.2) is 13.8 Å². The monoisotopic (exact) mass is 250 g/mol. The average Bonchev–Trinajstić information content (AvgIpc) is 2.81. The predicted molar refractivity (Wildman–Crippen MR) is 63.1 cm³/mol. The Bertz CT molecular complexity index is 652. The Balaban J connectivity index is 1.99. The minimum absolute atomic E-state index is 0.497. The van der Waals surface area contributed by atoms with Crippen molar-refractivity contribution in [2.75, 3.05) is 0 Å². The van der Waals surface area contributed by atoms with Crippen LogP contribution in [0.4, 0.5) is 8.78 Å². The van der Waals surface area contributed by atoms with Gasteiger partial charge >= 0.3 is 0 Å². The molecule has 0 aliphatic carbocycles. The van der Waals surface area contributed by atoms with E-state index in [9.17, 15) is 8.78 Å². The summed E-state index contributed by atoms with van der Waals surface area (Å²) in [7, 11) is 0. The van der Waals surface area contributed by atoms with Crippen LogP contribution in [0.15, 0.2) is 29.9 Å². The molecule has 0 amide bonds. The number of rotatable bonds is 2. The maximum Gasteiger partial charge on any atom is 0.148 e. The van der Waals surface area contributed by atoms with Crippen molar-refractivity contribution in [2.45, 2.75) is 6.42 Å². The topological polar surface area (TPSA) is 28.7 Å². The molecule has 3 aromatic rings. The lowest BCUT2D eigenvalue weighted by molar-refractivity contribution is 0.580. The molecule has 0 saturated carbocycles. The standard InChI is InChI=1S/C12H8F2N2S/c13-9-2-7(3-10(14)4-9)1-8-5-15-12-11(8)17-6-16-12/h2-6,15H,1H2. The van der Waals surface area contributed by atoms with Gasteiger partial charge in [-0.1, -0.05) is 0 Å². The molecule has 1 aromatic carbocycles. The maximum absolute atomic E-state index is 13.1. The number of hydrogen-bond donors (Lipinski definition) is 1. The van der Waals surface area contributed by atoms with Crippen molar-refractivity contribution < 1.29 is 8.78 Å². The minimum atomic E-state index is -0.545. The third kappa shape index (κ3) is 1.93. The van der Waals surface area contributed by atoms with E-state index in [0.717, 1.165) is 22.0 Å². The quantitative estimate of drug-likeness (QED) is 0.741. The summed E-state index contributed by atoms with van der Waals surface area (Å²) in [5.74, 6) is -1.09. The highest BCUT2D eigenvalue weighted by molar-refractivity contribution is 7.16. The van der Waals surface area contributed by atoms with Crippen LogP contribution in [0.1, 0.15) is 11.1 Å². The van der Waals surface area contributed by atoms with Crippen LogP contribution >= 0.6 is 11.3 Å². The number of hydrogen-bond acceptors (Lipinski definition) is 2. The van der Waals surface area contributed by atoms with Gasteiger partial charge in [-0.2, -0.15) is 0 Å². The van der Waals surface area contributed by atoms with E-state index in [2.05, 4.69) is 9.97 Å². The van der Waals surface area contributed by atoms with Gasteiger partial charge in [0.2, 0.25) is 0 Å². The SMILES string of the molecule is Fc1cc(F)cc(Cc2c[nH]c3ncsc23)c1. The van der Waals surface area contributed by atoms with Gasteiger partial charge in [0.05, 0.1) is 10.2 Å². The first-order valence-electron chi connectivity index (χ1n) is 5.07. The van der Waals surface area contributed by atoms with Crippen LogP contribution < -0.4 is 0 Å². The highest BCUT2D eigenvalue weighted by Crippen LogP contribution is 2.24. The molecule has 2 aromatic heterocycles. The molecule has 86 valence electrons. The fourth-order valence-electron chi connectivity index (χ4n) is 1.86. The van der Waals surface area contributed by atoms with Crippen LogP contribution in [0.25, 0.3) is 10.3 Å². The van der Waals surface area contributed by atoms with Crippen LogP contribution in [0.3, 0.4) is 0 Å². The summed E-state index contributed by atoms with van der Waals surface area (Å²) in [5.41, 5.74) is 4.20. The molecular formula is C12H8F2N2S. The smallest absolute Gasteiger partial charge is 0.148 e. The average molecular weight is 250 g/mol. The van der Waals surface area contributed by atoms with Crippen molar-refractivity contribution in [3.63, 3.8) is 0 Å². The number of aromatic nitrogens is 2. The molecule has 2 heterocycles. The third-order valence-corrected chi connectivity index (χ3v) is 3.46. The minimum Gasteiger partial charge on any atom is -0.345 e. The second-order valence-electron chi connectivity index (χ2n) is 3.80. The normalized spacial score (nSPS) is 11.2. The van der Waals surface area contributed by atoms with Gasteiger partial charge in [-0.15, -0.1) is 11.3 Å². The fraction of sp³-hybridized carbons (Fsp3) is 0.0833. The Kier molecular flexibility index (Phi) is 2.40. The Morgan fingerprint density at radius 1 is 1.18 bits per heavy atom. The van der Waals surface area contributed by atoms with E-state index in [1.165, 1.54) is 23.5 Å². The Hall–Kier alpha value is -1.75. The molecule has 0 fully saturated rings. The number of nitrogens with zero attached hydrogens (tertiary/aromatic N) is 1. The summed E-state index contributed by atoms with van der Waals surface area (Å²) in [4.78, 5) is 7.16. The molecule has 0 bridgehead atoms. The molecule has 0 saturated heterocycles. The molecule has 0 aliphatic heterocycles. The highest BCUT2D eigenvalue weighted by Gasteiger charge is 2.08. The van der Waals surface area contributed by atoms with Crippen LogP contribution in [0.2, 0.25) is 0 Å². The van der Waals surface area contributed by atoms with Crippen molar-refractivity contribution >= 4 is 21.7 Å². The molecule has 0 aliphatic rings. The number of H-pyrrole nitrogens is 1. The zero-order chi connectivity index (χ0) is 11.8. The number of fused-ring (bicyclic) bond motifs is 1.